The zero-order valence-electron chi connectivity index (χ0n) is 9.03. The molecule has 0 aromatic carbocycles. The Hall–Kier alpha value is -0.550. The lowest BCUT2D eigenvalue weighted by molar-refractivity contribution is 0.342. The van der Waals surface area contributed by atoms with Gasteiger partial charge >= 0.3 is 0 Å². The molecule has 0 spiro atoms. The van der Waals surface area contributed by atoms with Crippen LogP contribution in [0.25, 0.3) is 0 Å². The van der Waals surface area contributed by atoms with Gasteiger partial charge in [-0.3, -0.25) is 0 Å². The minimum Gasteiger partial charge on any atom is -0.339 e. The van der Waals surface area contributed by atoms with E-state index in [1.165, 1.54) is 24.3 Å². The summed E-state index contributed by atoms with van der Waals surface area (Å²) >= 11 is 2.01. The summed E-state index contributed by atoms with van der Waals surface area (Å²) < 4.78 is 5.30. The SMILES string of the molecule is CNCCc1noc(C2CCSCC2)n1. The first kappa shape index (κ1) is 11.0. The highest BCUT2D eigenvalue weighted by atomic mass is 32.2. The third kappa shape index (κ3) is 2.95. The fourth-order valence-corrected chi connectivity index (χ4v) is 2.82. The van der Waals surface area contributed by atoms with Gasteiger partial charge in [-0.05, 0) is 31.4 Å². The molecule has 84 valence electrons. The van der Waals surface area contributed by atoms with Gasteiger partial charge in [0, 0.05) is 18.9 Å². The third-order valence-electron chi connectivity index (χ3n) is 2.65. The average Bonchev–Trinajstić information content (AvgIpc) is 2.76. The van der Waals surface area contributed by atoms with Crippen molar-refractivity contribution in [1.29, 1.82) is 0 Å². The van der Waals surface area contributed by atoms with Crippen molar-refractivity contribution in [2.24, 2.45) is 0 Å². The van der Waals surface area contributed by atoms with Crippen molar-refractivity contribution < 1.29 is 4.52 Å². The third-order valence-corrected chi connectivity index (χ3v) is 3.70. The van der Waals surface area contributed by atoms with Gasteiger partial charge in [-0.1, -0.05) is 5.16 Å². The van der Waals surface area contributed by atoms with E-state index in [0.29, 0.717) is 5.92 Å². The first-order chi connectivity index (χ1) is 7.40. The summed E-state index contributed by atoms with van der Waals surface area (Å²) in [5.41, 5.74) is 0. The number of hydrogen-bond donors (Lipinski definition) is 1. The van der Waals surface area contributed by atoms with Gasteiger partial charge in [0.25, 0.3) is 0 Å². The molecule has 0 amide bonds. The predicted octanol–water partition coefficient (Wildman–Crippen LogP) is 1.44. The van der Waals surface area contributed by atoms with Crippen LogP contribution in [0.2, 0.25) is 0 Å². The number of likely N-dealkylation sites (N-methyl/N-ethyl adjacent to an activating group) is 1. The Kier molecular flexibility index (Phi) is 4.02. The molecule has 1 aromatic rings. The number of nitrogens with one attached hydrogen (secondary N) is 1. The number of thioether (sulfide) groups is 1. The summed E-state index contributed by atoms with van der Waals surface area (Å²) in [6, 6.07) is 0. The number of nitrogens with zero attached hydrogens (tertiary/aromatic N) is 2. The predicted molar refractivity (Wildman–Crippen MR) is 61.2 cm³/mol. The van der Waals surface area contributed by atoms with E-state index in [-0.39, 0.29) is 0 Å². The lowest BCUT2D eigenvalue weighted by Crippen LogP contribution is -2.11. The molecule has 1 saturated heterocycles. The molecular weight excluding hydrogens is 210 g/mol. The van der Waals surface area contributed by atoms with E-state index < -0.39 is 0 Å². The molecule has 0 radical (unpaired) electrons. The fourth-order valence-electron chi connectivity index (χ4n) is 1.72. The van der Waals surface area contributed by atoms with Gasteiger partial charge in [-0.2, -0.15) is 16.7 Å². The fraction of sp³-hybridized carbons (Fsp3) is 0.800. The Labute approximate surface area is 94.2 Å². The second-order valence-electron chi connectivity index (χ2n) is 3.79. The maximum Gasteiger partial charge on any atom is 0.229 e. The van der Waals surface area contributed by atoms with Crippen LogP contribution in [0.5, 0.6) is 0 Å². The molecule has 0 saturated carbocycles. The van der Waals surface area contributed by atoms with Crippen LogP contribution in [-0.2, 0) is 6.42 Å². The summed E-state index contributed by atoms with van der Waals surface area (Å²) in [5, 5.41) is 7.08. The molecular formula is C10H17N3OS. The van der Waals surface area contributed by atoms with Gasteiger partial charge in [-0.25, -0.2) is 0 Å². The maximum absolute atomic E-state index is 5.30. The average molecular weight is 227 g/mol. The maximum atomic E-state index is 5.30. The number of hydrogen-bond acceptors (Lipinski definition) is 5. The minimum atomic E-state index is 0.502. The van der Waals surface area contributed by atoms with Crippen LogP contribution in [0.4, 0.5) is 0 Å². The van der Waals surface area contributed by atoms with Crippen LogP contribution < -0.4 is 5.32 Å². The summed E-state index contributed by atoms with van der Waals surface area (Å²) in [6.07, 6.45) is 3.21. The Morgan fingerprint density at radius 1 is 1.47 bits per heavy atom. The Balaban J connectivity index is 1.93. The summed E-state index contributed by atoms with van der Waals surface area (Å²) in [7, 11) is 1.93. The van der Waals surface area contributed by atoms with Crippen molar-refractivity contribution in [3.63, 3.8) is 0 Å². The standard InChI is InChI=1S/C10H17N3OS/c1-11-5-2-9-12-10(14-13-9)8-3-6-15-7-4-8/h8,11H,2-7H2,1H3. The van der Waals surface area contributed by atoms with Crippen molar-refractivity contribution in [3.05, 3.63) is 11.7 Å². The van der Waals surface area contributed by atoms with E-state index in [1.807, 2.05) is 18.8 Å². The van der Waals surface area contributed by atoms with Crippen LogP contribution >= 0.6 is 11.8 Å². The summed E-state index contributed by atoms with van der Waals surface area (Å²) in [6.45, 7) is 0.902. The van der Waals surface area contributed by atoms with Crippen molar-refractivity contribution in [2.75, 3.05) is 25.1 Å². The van der Waals surface area contributed by atoms with Crippen molar-refractivity contribution >= 4 is 11.8 Å². The van der Waals surface area contributed by atoms with Crippen LogP contribution in [-0.4, -0.2) is 35.2 Å². The van der Waals surface area contributed by atoms with E-state index in [4.69, 9.17) is 4.52 Å². The monoisotopic (exact) mass is 227 g/mol. The lowest BCUT2D eigenvalue weighted by Gasteiger charge is -2.16. The zero-order chi connectivity index (χ0) is 10.5. The van der Waals surface area contributed by atoms with Crippen LogP contribution in [0.3, 0.4) is 0 Å². The molecule has 1 aliphatic heterocycles. The molecule has 5 heteroatoms. The summed E-state index contributed by atoms with van der Waals surface area (Å²) in [5.74, 6) is 4.62. The first-order valence-electron chi connectivity index (χ1n) is 5.45. The molecule has 1 fully saturated rings. The molecule has 0 bridgehead atoms. The van der Waals surface area contributed by atoms with Gasteiger partial charge < -0.3 is 9.84 Å². The van der Waals surface area contributed by atoms with E-state index >= 15 is 0 Å². The zero-order valence-corrected chi connectivity index (χ0v) is 9.85. The molecule has 1 N–H and O–H groups in total. The molecule has 2 heterocycles. The molecule has 0 atom stereocenters. The molecule has 0 unspecified atom stereocenters. The molecule has 4 nitrogen and oxygen atoms in total. The van der Waals surface area contributed by atoms with E-state index in [2.05, 4.69) is 15.5 Å². The highest BCUT2D eigenvalue weighted by molar-refractivity contribution is 7.99. The van der Waals surface area contributed by atoms with Gasteiger partial charge in [0.05, 0.1) is 0 Å². The molecule has 2 rings (SSSR count). The quantitative estimate of drug-likeness (QED) is 0.843. The Morgan fingerprint density at radius 2 is 2.27 bits per heavy atom. The first-order valence-corrected chi connectivity index (χ1v) is 6.60. The smallest absolute Gasteiger partial charge is 0.229 e. The van der Waals surface area contributed by atoms with Gasteiger partial charge in [0.1, 0.15) is 0 Å². The Bertz CT molecular complexity index is 297. The topological polar surface area (TPSA) is 51.0 Å². The van der Waals surface area contributed by atoms with Crippen molar-refractivity contribution in [3.8, 4) is 0 Å². The summed E-state index contributed by atoms with van der Waals surface area (Å²) in [4.78, 5) is 4.44. The van der Waals surface area contributed by atoms with Crippen molar-refractivity contribution in [1.82, 2.24) is 15.5 Å². The lowest BCUT2D eigenvalue weighted by atomic mass is 10.0. The van der Waals surface area contributed by atoms with E-state index in [1.54, 1.807) is 0 Å². The highest BCUT2D eigenvalue weighted by Crippen LogP contribution is 2.30. The van der Waals surface area contributed by atoms with Crippen LogP contribution in [0, 0.1) is 0 Å². The number of rotatable bonds is 4. The van der Waals surface area contributed by atoms with E-state index in [0.717, 1.165) is 24.7 Å². The molecule has 0 aliphatic carbocycles. The van der Waals surface area contributed by atoms with Gasteiger partial charge in [0.2, 0.25) is 5.89 Å². The molecule has 15 heavy (non-hydrogen) atoms. The van der Waals surface area contributed by atoms with Gasteiger partial charge in [-0.15, -0.1) is 0 Å². The van der Waals surface area contributed by atoms with E-state index in [9.17, 15) is 0 Å². The van der Waals surface area contributed by atoms with Gasteiger partial charge in [0.15, 0.2) is 5.82 Å². The van der Waals surface area contributed by atoms with Crippen LogP contribution in [0.15, 0.2) is 4.52 Å². The largest absolute Gasteiger partial charge is 0.339 e. The normalized spacial score (nSPS) is 18.2. The highest BCUT2D eigenvalue weighted by Gasteiger charge is 2.21. The Morgan fingerprint density at radius 3 is 3.00 bits per heavy atom. The molecule has 1 aromatic heterocycles. The molecule has 1 aliphatic rings. The second kappa shape index (κ2) is 5.51. The minimum absolute atomic E-state index is 0.502. The second-order valence-corrected chi connectivity index (χ2v) is 5.01. The van der Waals surface area contributed by atoms with Crippen molar-refractivity contribution in [2.45, 2.75) is 25.2 Å². The number of aromatic nitrogens is 2. The van der Waals surface area contributed by atoms with Crippen LogP contribution in [0.1, 0.15) is 30.5 Å².